The molecule has 3 aromatic rings. The lowest BCUT2D eigenvalue weighted by Gasteiger charge is -2.39. The number of carbonyl (C=O) groups excluding carboxylic acids is 1. The highest BCUT2D eigenvalue weighted by atomic mass is 19.1. The number of anilines is 4. The first-order valence-electron chi connectivity index (χ1n) is 10.5. The van der Waals surface area contributed by atoms with E-state index in [9.17, 15) is 9.18 Å². The zero-order chi connectivity index (χ0) is 22.4. The van der Waals surface area contributed by atoms with Gasteiger partial charge in [0.05, 0.1) is 13.0 Å². The molecule has 2 N–H and O–H groups in total. The number of nitrogens with one attached hydrogen (secondary N) is 2. The maximum Gasteiger partial charge on any atom is 0.314 e. The van der Waals surface area contributed by atoms with Gasteiger partial charge in [0.1, 0.15) is 11.6 Å². The molecule has 5 rings (SSSR count). The highest BCUT2D eigenvalue weighted by molar-refractivity contribution is 5.81. The van der Waals surface area contributed by atoms with Crippen LogP contribution in [0.4, 0.5) is 27.5 Å². The summed E-state index contributed by atoms with van der Waals surface area (Å²) in [6.07, 6.45) is 3.60. The second kappa shape index (κ2) is 7.78. The van der Waals surface area contributed by atoms with Crippen molar-refractivity contribution in [2.45, 2.75) is 32.6 Å². The molecule has 0 radical (unpaired) electrons. The third-order valence-corrected chi connectivity index (χ3v) is 6.13. The first-order chi connectivity index (χ1) is 15.4. The Bertz CT molecular complexity index is 1230. The van der Waals surface area contributed by atoms with Crippen LogP contribution in [-0.4, -0.2) is 23.0 Å². The summed E-state index contributed by atoms with van der Waals surface area (Å²) in [5, 5.41) is 6.46. The lowest BCUT2D eigenvalue weighted by Crippen LogP contribution is -2.38. The zero-order valence-corrected chi connectivity index (χ0v) is 18.0. The van der Waals surface area contributed by atoms with E-state index in [2.05, 4.69) is 20.6 Å². The molecular formula is C24H23FN4O3. The van der Waals surface area contributed by atoms with E-state index < -0.39 is 5.82 Å². The molecule has 2 atom stereocenters. The number of hydrogen-bond acceptors (Lipinski definition) is 7. The summed E-state index contributed by atoms with van der Waals surface area (Å²) < 4.78 is 24.6. The van der Waals surface area contributed by atoms with Crippen LogP contribution in [-0.2, 0) is 4.79 Å². The van der Waals surface area contributed by atoms with Crippen molar-refractivity contribution in [1.29, 1.82) is 0 Å². The van der Waals surface area contributed by atoms with E-state index in [4.69, 9.17) is 9.47 Å². The maximum atomic E-state index is 14.1. The molecular weight excluding hydrogens is 411 g/mol. The first-order valence-corrected chi connectivity index (χ1v) is 10.5. The van der Waals surface area contributed by atoms with Gasteiger partial charge in [0, 0.05) is 40.7 Å². The summed E-state index contributed by atoms with van der Waals surface area (Å²) in [7, 11) is 1.43. The van der Waals surface area contributed by atoms with E-state index in [1.54, 1.807) is 25.3 Å². The number of aryl methyl sites for hydroxylation is 2. The molecule has 0 saturated heterocycles. The molecule has 0 spiro atoms. The van der Waals surface area contributed by atoms with Gasteiger partial charge in [-0.1, -0.05) is 0 Å². The number of rotatable bonds is 5. The van der Waals surface area contributed by atoms with Crippen LogP contribution in [0, 0.1) is 25.6 Å². The van der Waals surface area contributed by atoms with E-state index in [1.165, 1.54) is 7.11 Å². The predicted octanol–water partition coefficient (Wildman–Crippen LogP) is 5.14. The second-order valence-corrected chi connectivity index (χ2v) is 8.25. The van der Waals surface area contributed by atoms with Crippen molar-refractivity contribution in [3.8, 4) is 11.5 Å². The Morgan fingerprint density at radius 2 is 1.88 bits per heavy atom. The summed E-state index contributed by atoms with van der Waals surface area (Å²) in [6, 6.07) is 8.97. The molecule has 0 amide bonds. The number of hydrogen-bond donors (Lipinski definition) is 2. The molecule has 1 fully saturated rings. The Morgan fingerprint density at radius 1 is 1.06 bits per heavy atom. The van der Waals surface area contributed by atoms with Gasteiger partial charge >= 0.3 is 5.97 Å². The molecule has 8 heteroatoms. The summed E-state index contributed by atoms with van der Waals surface area (Å²) in [5.74, 6) is 1.51. The highest BCUT2D eigenvalue weighted by Gasteiger charge is 2.44. The molecule has 2 aromatic carbocycles. The smallest absolute Gasteiger partial charge is 0.314 e. The molecule has 0 bridgehead atoms. The topological polar surface area (TPSA) is 85.4 Å². The summed E-state index contributed by atoms with van der Waals surface area (Å²) in [4.78, 5) is 20.9. The number of carbonyl (C=O) groups is 1. The third-order valence-electron chi connectivity index (χ3n) is 6.13. The average Bonchev–Trinajstić information content (AvgIpc) is 2.73. The average molecular weight is 434 g/mol. The van der Waals surface area contributed by atoms with Crippen LogP contribution in [0.15, 0.2) is 36.5 Å². The number of halogens is 1. The zero-order valence-electron chi connectivity index (χ0n) is 18.0. The fraction of sp³-hybridized carbons (Fsp3) is 0.292. The van der Waals surface area contributed by atoms with E-state index in [-0.39, 0.29) is 23.6 Å². The molecule has 1 aromatic heterocycles. The van der Waals surface area contributed by atoms with E-state index >= 15 is 0 Å². The fourth-order valence-corrected chi connectivity index (χ4v) is 4.20. The van der Waals surface area contributed by atoms with Crippen LogP contribution in [0.1, 0.15) is 35.4 Å². The number of fused-ring (bicyclic) bond motifs is 3. The van der Waals surface area contributed by atoms with Gasteiger partial charge in [-0.3, -0.25) is 4.79 Å². The van der Waals surface area contributed by atoms with E-state index in [1.807, 2.05) is 25.1 Å². The number of aromatic nitrogens is 2. The molecule has 164 valence electrons. The standard InChI is InChI=1S/C24H23FN4O3/c1-12-8-15(10-20(31-3)21(12)25)28-24-26-11-13(2)22(29-24)27-14-4-7-19-18(9-14)16-5-6-17(16)23(30)32-19/h4,7-11,16-17H,5-6H2,1-3H3,(H2,26,27,28,29). The van der Waals surface area contributed by atoms with Crippen molar-refractivity contribution in [1.82, 2.24) is 9.97 Å². The van der Waals surface area contributed by atoms with Crippen molar-refractivity contribution < 1.29 is 18.7 Å². The first kappa shape index (κ1) is 20.2. The van der Waals surface area contributed by atoms with E-state index in [0.29, 0.717) is 28.8 Å². The van der Waals surface area contributed by atoms with Crippen LogP contribution in [0.2, 0.25) is 0 Å². The molecule has 1 aliphatic carbocycles. The summed E-state index contributed by atoms with van der Waals surface area (Å²) >= 11 is 0. The highest BCUT2D eigenvalue weighted by Crippen LogP contribution is 2.50. The van der Waals surface area contributed by atoms with Crippen molar-refractivity contribution in [3.05, 3.63) is 59.0 Å². The van der Waals surface area contributed by atoms with Gasteiger partial charge in [0.25, 0.3) is 0 Å². The Morgan fingerprint density at radius 3 is 2.62 bits per heavy atom. The minimum atomic E-state index is -0.392. The van der Waals surface area contributed by atoms with Crippen LogP contribution in [0.3, 0.4) is 0 Å². The lowest BCUT2D eigenvalue weighted by atomic mass is 9.68. The Kier molecular flexibility index (Phi) is 4.92. The second-order valence-electron chi connectivity index (χ2n) is 8.25. The van der Waals surface area contributed by atoms with Crippen molar-refractivity contribution in [2.75, 3.05) is 17.7 Å². The molecule has 1 saturated carbocycles. The Balaban J connectivity index is 1.40. The van der Waals surface area contributed by atoms with Gasteiger partial charge in [-0.2, -0.15) is 4.98 Å². The van der Waals surface area contributed by atoms with Crippen molar-refractivity contribution >= 4 is 29.1 Å². The quantitative estimate of drug-likeness (QED) is 0.425. The Labute approximate surface area is 185 Å². The van der Waals surface area contributed by atoms with Gasteiger partial charge in [0.15, 0.2) is 11.6 Å². The van der Waals surface area contributed by atoms with E-state index in [0.717, 1.165) is 29.7 Å². The Hall–Kier alpha value is -3.68. The molecule has 32 heavy (non-hydrogen) atoms. The maximum absolute atomic E-state index is 14.1. The number of benzene rings is 2. The molecule has 2 aliphatic rings. The lowest BCUT2D eigenvalue weighted by molar-refractivity contribution is -0.144. The van der Waals surface area contributed by atoms with Crippen LogP contribution in [0.25, 0.3) is 0 Å². The largest absolute Gasteiger partial charge is 0.494 e. The van der Waals surface area contributed by atoms with Crippen molar-refractivity contribution in [3.63, 3.8) is 0 Å². The van der Waals surface area contributed by atoms with Gasteiger partial charge in [0.2, 0.25) is 5.95 Å². The fourth-order valence-electron chi connectivity index (χ4n) is 4.20. The SMILES string of the molecule is COc1cc(Nc2ncc(C)c(Nc3ccc4c(c3)C3CCC3C(=O)O4)n2)cc(C)c1F. The third kappa shape index (κ3) is 3.51. The monoisotopic (exact) mass is 434 g/mol. The van der Waals surface area contributed by atoms with Gasteiger partial charge in [-0.25, -0.2) is 9.37 Å². The number of nitrogens with zero attached hydrogens (tertiary/aromatic N) is 2. The normalized spacial score (nSPS) is 18.7. The number of esters is 1. The molecule has 1 aliphatic heterocycles. The van der Waals surface area contributed by atoms with Gasteiger partial charge in [-0.15, -0.1) is 0 Å². The molecule has 7 nitrogen and oxygen atoms in total. The number of methoxy groups -OCH3 is 1. The minimum Gasteiger partial charge on any atom is -0.494 e. The number of ether oxygens (including phenoxy) is 2. The van der Waals surface area contributed by atoms with Crippen LogP contribution < -0.4 is 20.1 Å². The van der Waals surface area contributed by atoms with Gasteiger partial charge in [-0.05, 0) is 56.5 Å². The van der Waals surface area contributed by atoms with Crippen LogP contribution in [0.5, 0.6) is 11.5 Å². The molecule has 2 heterocycles. The minimum absolute atomic E-state index is 0.0227. The predicted molar refractivity (Wildman–Crippen MR) is 119 cm³/mol. The van der Waals surface area contributed by atoms with Crippen molar-refractivity contribution in [2.24, 2.45) is 5.92 Å². The van der Waals surface area contributed by atoms with Gasteiger partial charge < -0.3 is 20.1 Å². The van der Waals surface area contributed by atoms with Crippen LogP contribution >= 0.6 is 0 Å². The summed E-state index contributed by atoms with van der Waals surface area (Å²) in [6.45, 7) is 3.59. The summed E-state index contributed by atoms with van der Waals surface area (Å²) in [5.41, 5.74) is 3.88. The molecule has 2 unspecified atom stereocenters.